The van der Waals surface area contributed by atoms with Crippen molar-refractivity contribution in [2.24, 2.45) is 0 Å². The molecule has 1 aliphatic rings. The van der Waals surface area contributed by atoms with E-state index in [-0.39, 0.29) is 18.1 Å². The van der Waals surface area contributed by atoms with E-state index in [0.29, 0.717) is 11.3 Å². The van der Waals surface area contributed by atoms with Gasteiger partial charge in [-0.3, -0.25) is 14.5 Å². The summed E-state index contributed by atoms with van der Waals surface area (Å²) in [5.74, 6) is 1.71. The van der Waals surface area contributed by atoms with Gasteiger partial charge in [0.2, 0.25) is 0 Å². The molecule has 23 heavy (non-hydrogen) atoms. The summed E-state index contributed by atoms with van der Waals surface area (Å²) in [6.07, 6.45) is 6.68. The van der Waals surface area contributed by atoms with Crippen LogP contribution in [0.5, 0.6) is 5.75 Å². The highest BCUT2D eigenvalue weighted by Crippen LogP contribution is 2.33. The minimum absolute atomic E-state index is 0.0670. The van der Waals surface area contributed by atoms with E-state index in [0.717, 1.165) is 16.7 Å². The van der Waals surface area contributed by atoms with Gasteiger partial charge in [0.1, 0.15) is 5.75 Å². The fourth-order valence-electron chi connectivity index (χ4n) is 1.80. The van der Waals surface area contributed by atoms with Crippen molar-refractivity contribution in [3.63, 3.8) is 0 Å². The van der Waals surface area contributed by atoms with E-state index in [4.69, 9.17) is 11.2 Å². The first-order valence-electron chi connectivity index (χ1n) is 6.54. The number of methoxy groups -OCH3 is 1. The zero-order valence-corrected chi connectivity index (χ0v) is 13.1. The highest BCUT2D eigenvalue weighted by molar-refractivity contribution is 8.18. The number of para-hydroxylation sites is 1. The molecule has 1 fully saturated rings. The standard InChI is InChI=1S/C16H13NO5S/c1-3-8-17-15(19)13(23-16(17)20)9-11-6-4-5-7-12(11)22-10-14(18)21-2/h1,4-7,9H,8,10H2,2H3. The number of carbonyl (C=O) groups excluding carboxylic acids is 3. The van der Waals surface area contributed by atoms with E-state index in [1.807, 2.05) is 0 Å². The number of esters is 1. The summed E-state index contributed by atoms with van der Waals surface area (Å²) in [6, 6.07) is 6.85. The van der Waals surface area contributed by atoms with Gasteiger partial charge in [-0.1, -0.05) is 24.1 Å². The summed E-state index contributed by atoms with van der Waals surface area (Å²) >= 11 is 0.810. The molecular weight excluding hydrogens is 318 g/mol. The summed E-state index contributed by atoms with van der Waals surface area (Å²) in [7, 11) is 1.26. The highest BCUT2D eigenvalue weighted by atomic mass is 32.2. The molecule has 0 spiro atoms. The number of nitrogens with zero attached hydrogens (tertiary/aromatic N) is 1. The summed E-state index contributed by atoms with van der Waals surface area (Å²) in [6.45, 7) is -0.317. The van der Waals surface area contributed by atoms with Gasteiger partial charge < -0.3 is 9.47 Å². The summed E-state index contributed by atoms with van der Waals surface area (Å²) in [5.41, 5.74) is 0.572. The van der Waals surface area contributed by atoms with Crippen LogP contribution in [-0.4, -0.2) is 42.3 Å². The first kappa shape index (κ1) is 16.6. The van der Waals surface area contributed by atoms with Crippen molar-refractivity contribution in [1.82, 2.24) is 4.90 Å². The van der Waals surface area contributed by atoms with Gasteiger partial charge in [0.05, 0.1) is 18.6 Å². The Hall–Kier alpha value is -2.72. The molecule has 0 aliphatic carbocycles. The van der Waals surface area contributed by atoms with E-state index in [2.05, 4.69) is 10.7 Å². The number of terminal acetylenes is 1. The lowest BCUT2D eigenvalue weighted by Crippen LogP contribution is -2.28. The predicted molar refractivity (Wildman–Crippen MR) is 85.5 cm³/mol. The molecular formula is C16H13NO5S. The molecule has 0 saturated carbocycles. The number of hydrogen-bond donors (Lipinski definition) is 0. The molecule has 0 N–H and O–H groups in total. The zero-order valence-electron chi connectivity index (χ0n) is 12.3. The van der Waals surface area contributed by atoms with Crippen molar-refractivity contribution in [3.8, 4) is 18.1 Å². The van der Waals surface area contributed by atoms with Crippen LogP contribution in [0.15, 0.2) is 29.2 Å². The third-order valence-electron chi connectivity index (χ3n) is 2.90. The van der Waals surface area contributed by atoms with E-state index in [9.17, 15) is 14.4 Å². The normalized spacial score (nSPS) is 15.7. The van der Waals surface area contributed by atoms with Gasteiger partial charge in [-0.05, 0) is 23.9 Å². The zero-order chi connectivity index (χ0) is 16.8. The van der Waals surface area contributed by atoms with Crippen molar-refractivity contribution >= 4 is 35.0 Å². The summed E-state index contributed by atoms with van der Waals surface area (Å²) in [4.78, 5) is 36.3. The Kier molecular flexibility index (Phi) is 5.44. The maximum absolute atomic E-state index is 12.1. The number of thioether (sulfide) groups is 1. The molecule has 2 amide bonds. The van der Waals surface area contributed by atoms with Crippen LogP contribution in [0, 0.1) is 12.3 Å². The number of ether oxygens (including phenoxy) is 2. The number of benzene rings is 1. The van der Waals surface area contributed by atoms with Gasteiger partial charge in [-0.25, -0.2) is 4.79 Å². The molecule has 1 heterocycles. The third-order valence-corrected chi connectivity index (χ3v) is 3.81. The molecule has 1 aromatic rings. The maximum atomic E-state index is 12.1. The van der Waals surface area contributed by atoms with Gasteiger partial charge in [0.15, 0.2) is 6.61 Å². The van der Waals surface area contributed by atoms with Crippen LogP contribution < -0.4 is 4.74 Å². The number of carbonyl (C=O) groups is 3. The van der Waals surface area contributed by atoms with Crippen molar-refractivity contribution in [2.75, 3.05) is 20.3 Å². The minimum Gasteiger partial charge on any atom is -0.481 e. The fraction of sp³-hybridized carbons (Fsp3) is 0.188. The van der Waals surface area contributed by atoms with Gasteiger partial charge in [-0.2, -0.15) is 0 Å². The lowest BCUT2D eigenvalue weighted by atomic mass is 10.2. The fourth-order valence-corrected chi connectivity index (χ4v) is 2.62. The molecule has 6 nitrogen and oxygen atoms in total. The van der Waals surface area contributed by atoms with Crippen molar-refractivity contribution < 1.29 is 23.9 Å². The first-order valence-corrected chi connectivity index (χ1v) is 7.36. The molecule has 2 rings (SSSR count). The molecule has 0 unspecified atom stereocenters. The van der Waals surface area contributed by atoms with Crippen molar-refractivity contribution in [1.29, 1.82) is 0 Å². The molecule has 0 radical (unpaired) electrons. The number of hydrogen-bond acceptors (Lipinski definition) is 6. The van der Waals surface area contributed by atoms with Gasteiger partial charge in [0, 0.05) is 5.56 Å². The number of amides is 2. The Balaban J connectivity index is 2.23. The monoisotopic (exact) mass is 331 g/mol. The van der Waals surface area contributed by atoms with Crippen LogP contribution in [0.4, 0.5) is 4.79 Å². The Morgan fingerprint density at radius 1 is 1.39 bits per heavy atom. The molecule has 1 saturated heterocycles. The molecule has 118 valence electrons. The van der Waals surface area contributed by atoms with Gasteiger partial charge in [-0.15, -0.1) is 6.42 Å². The van der Waals surface area contributed by atoms with Crippen molar-refractivity contribution in [3.05, 3.63) is 34.7 Å². The average Bonchev–Trinajstić information content (AvgIpc) is 2.81. The smallest absolute Gasteiger partial charge is 0.343 e. The van der Waals surface area contributed by atoms with Crippen LogP contribution in [0.2, 0.25) is 0 Å². The summed E-state index contributed by atoms with van der Waals surface area (Å²) < 4.78 is 9.88. The van der Waals surface area contributed by atoms with E-state index in [1.54, 1.807) is 24.3 Å². The van der Waals surface area contributed by atoms with Crippen LogP contribution >= 0.6 is 11.8 Å². The lowest BCUT2D eigenvalue weighted by molar-refractivity contribution is -0.142. The number of imide groups is 1. The molecule has 0 bridgehead atoms. The van der Waals surface area contributed by atoms with Crippen LogP contribution in [0.1, 0.15) is 5.56 Å². The second-order valence-corrected chi connectivity index (χ2v) is 5.37. The average molecular weight is 331 g/mol. The molecule has 0 atom stereocenters. The predicted octanol–water partition coefficient (Wildman–Crippen LogP) is 1.91. The third kappa shape index (κ3) is 3.93. The van der Waals surface area contributed by atoms with E-state index >= 15 is 0 Å². The highest BCUT2D eigenvalue weighted by Gasteiger charge is 2.34. The van der Waals surface area contributed by atoms with Crippen LogP contribution in [0.25, 0.3) is 6.08 Å². The topological polar surface area (TPSA) is 72.9 Å². The lowest BCUT2D eigenvalue weighted by Gasteiger charge is -2.08. The second-order valence-electron chi connectivity index (χ2n) is 4.37. The maximum Gasteiger partial charge on any atom is 0.343 e. The Labute approximate surface area is 137 Å². The first-order chi connectivity index (χ1) is 11.1. The van der Waals surface area contributed by atoms with Gasteiger partial charge >= 0.3 is 5.97 Å². The van der Waals surface area contributed by atoms with E-state index in [1.165, 1.54) is 13.2 Å². The molecule has 0 aromatic heterocycles. The second kappa shape index (κ2) is 7.51. The number of rotatable bonds is 5. The summed E-state index contributed by atoms with van der Waals surface area (Å²) in [5, 5.41) is -0.410. The Morgan fingerprint density at radius 3 is 2.83 bits per heavy atom. The van der Waals surface area contributed by atoms with Crippen molar-refractivity contribution in [2.45, 2.75) is 0 Å². The van der Waals surface area contributed by atoms with Gasteiger partial charge in [0.25, 0.3) is 11.1 Å². The molecule has 1 aliphatic heterocycles. The molecule has 1 aromatic carbocycles. The SMILES string of the molecule is C#CCN1C(=O)SC(=Cc2ccccc2OCC(=O)OC)C1=O. The minimum atomic E-state index is -0.519. The molecule has 7 heteroatoms. The van der Waals surface area contributed by atoms with E-state index < -0.39 is 17.1 Å². The quantitative estimate of drug-likeness (QED) is 0.466. The van der Waals surface area contributed by atoms with Crippen LogP contribution in [-0.2, 0) is 14.3 Å². The Morgan fingerprint density at radius 2 is 2.13 bits per heavy atom. The largest absolute Gasteiger partial charge is 0.481 e. The Bertz CT molecular complexity index is 719. The van der Waals surface area contributed by atoms with Crippen LogP contribution in [0.3, 0.4) is 0 Å².